The van der Waals surface area contributed by atoms with E-state index in [2.05, 4.69) is 10.5 Å². The van der Waals surface area contributed by atoms with Crippen molar-refractivity contribution < 1.29 is 0 Å². The van der Waals surface area contributed by atoms with Gasteiger partial charge in [0.2, 0.25) is 0 Å². The van der Waals surface area contributed by atoms with E-state index in [4.69, 9.17) is 0 Å². The molecule has 0 aromatic heterocycles. The summed E-state index contributed by atoms with van der Waals surface area (Å²) in [4.78, 5) is 0. The minimum atomic E-state index is 0.889. The summed E-state index contributed by atoms with van der Waals surface area (Å²) in [5, 5.41) is 5.81. The Morgan fingerprint density at radius 1 is 1.20 bits per heavy atom. The molecule has 0 amide bonds. The Labute approximate surface area is 33.2 Å². The normalized spacial score (nSPS) is 7.60. The van der Waals surface area contributed by atoms with E-state index in [1.807, 2.05) is 14.1 Å². The summed E-state index contributed by atoms with van der Waals surface area (Å²) in [5.41, 5.74) is 0. The van der Waals surface area contributed by atoms with Gasteiger partial charge in [-0.2, -0.15) is 0 Å². The molecule has 2 nitrogen and oxygen atoms in total. The van der Waals surface area contributed by atoms with E-state index >= 15 is 0 Å². The second kappa shape index (κ2) is 3.98. The van der Waals surface area contributed by atoms with E-state index in [0.29, 0.717) is 0 Å². The fraction of sp³-hybridized carbons (Fsp3) is 1.00. The van der Waals surface area contributed by atoms with Crippen molar-refractivity contribution in [1.29, 1.82) is 0 Å². The molecule has 0 saturated heterocycles. The standard InChI is InChI=1S/C2H9BN2/c1-4-3-5-2/h3-5H,1-2H3. The molecule has 30 valence electrons. The van der Waals surface area contributed by atoms with Gasteiger partial charge in [-0.05, 0) is 14.1 Å². The summed E-state index contributed by atoms with van der Waals surface area (Å²) < 4.78 is 0. The lowest BCUT2D eigenvalue weighted by molar-refractivity contribution is 1.13. The van der Waals surface area contributed by atoms with Crippen LogP contribution in [0.2, 0.25) is 0 Å². The van der Waals surface area contributed by atoms with Crippen molar-refractivity contribution in [3.63, 3.8) is 0 Å². The van der Waals surface area contributed by atoms with E-state index < -0.39 is 0 Å². The molecule has 3 heteroatoms. The number of hydrogen-bond acceptors (Lipinski definition) is 2. The van der Waals surface area contributed by atoms with E-state index in [0.717, 1.165) is 7.55 Å². The molecule has 0 aromatic rings. The van der Waals surface area contributed by atoms with Crippen LogP contribution in [0.15, 0.2) is 0 Å². The summed E-state index contributed by atoms with van der Waals surface area (Å²) in [7, 11) is 4.69. The van der Waals surface area contributed by atoms with Crippen LogP contribution >= 0.6 is 0 Å². The summed E-state index contributed by atoms with van der Waals surface area (Å²) in [6, 6.07) is 0. The van der Waals surface area contributed by atoms with Crippen LogP contribution in [0.25, 0.3) is 0 Å². The van der Waals surface area contributed by atoms with E-state index in [-0.39, 0.29) is 0 Å². The van der Waals surface area contributed by atoms with Crippen LogP contribution in [-0.2, 0) is 0 Å². The van der Waals surface area contributed by atoms with E-state index in [9.17, 15) is 0 Å². The average Bonchev–Trinajstić information content (AvgIpc) is 1.41. The van der Waals surface area contributed by atoms with Crippen LogP contribution in [0.1, 0.15) is 0 Å². The smallest absolute Gasteiger partial charge is 0.285 e. The van der Waals surface area contributed by atoms with Crippen LogP contribution in [0.3, 0.4) is 0 Å². The third-order valence-electron chi connectivity index (χ3n) is 0.354. The zero-order valence-corrected chi connectivity index (χ0v) is 3.71. The highest BCUT2D eigenvalue weighted by Gasteiger charge is 1.68. The first-order chi connectivity index (χ1) is 2.41. The van der Waals surface area contributed by atoms with Gasteiger partial charge in [-0.1, -0.05) is 0 Å². The molecule has 0 rings (SSSR count). The van der Waals surface area contributed by atoms with E-state index in [1.54, 1.807) is 0 Å². The van der Waals surface area contributed by atoms with E-state index in [1.165, 1.54) is 0 Å². The van der Waals surface area contributed by atoms with Gasteiger partial charge in [0.15, 0.2) is 0 Å². The predicted octanol–water partition coefficient (Wildman–Crippen LogP) is -1.31. The van der Waals surface area contributed by atoms with Gasteiger partial charge < -0.3 is 10.5 Å². The highest BCUT2D eigenvalue weighted by molar-refractivity contribution is 6.28. The van der Waals surface area contributed by atoms with Crippen LogP contribution in [0.4, 0.5) is 0 Å². The molecule has 0 aliphatic carbocycles. The summed E-state index contributed by atoms with van der Waals surface area (Å²) >= 11 is 0. The highest BCUT2D eigenvalue weighted by atomic mass is 14.9. The Balaban J connectivity index is 2.19. The monoisotopic (exact) mass is 72.1 g/mol. The molecular formula is C2H9BN2. The zero-order chi connectivity index (χ0) is 4.12. The Kier molecular flexibility index (Phi) is 3.97. The maximum atomic E-state index is 2.91. The first kappa shape index (κ1) is 4.98. The molecule has 0 aliphatic heterocycles. The number of rotatable bonds is 2. The summed E-state index contributed by atoms with van der Waals surface area (Å²) in [6.45, 7) is 0. The van der Waals surface area contributed by atoms with Crippen molar-refractivity contribution in [3.8, 4) is 0 Å². The molecular weight excluding hydrogens is 62.8 g/mol. The first-order valence-corrected chi connectivity index (χ1v) is 1.71. The molecule has 2 N–H and O–H groups in total. The summed E-state index contributed by atoms with van der Waals surface area (Å²) in [6.07, 6.45) is 0. The Morgan fingerprint density at radius 2 is 1.60 bits per heavy atom. The van der Waals surface area contributed by atoms with Crippen molar-refractivity contribution in [3.05, 3.63) is 0 Å². The maximum absolute atomic E-state index is 2.91. The van der Waals surface area contributed by atoms with Crippen molar-refractivity contribution in [2.45, 2.75) is 0 Å². The molecule has 0 spiro atoms. The lowest BCUT2D eigenvalue weighted by atomic mass is 10.2. The van der Waals surface area contributed by atoms with Crippen LogP contribution in [0.5, 0.6) is 0 Å². The number of nitrogens with one attached hydrogen (secondary N) is 2. The topological polar surface area (TPSA) is 24.1 Å². The largest absolute Gasteiger partial charge is 0.348 e. The maximum Gasteiger partial charge on any atom is 0.285 e. The fourth-order valence-electron chi connectivity index (χ4n) is 0.177. The molecule has 0 unspecified atom stereocenters. The summed E-state index contributed by atoms with van der Waals surface area (Å²) in [5.74, 6) is 0. The molecule has 0 aromatic carbocycles. The molecule has 0 saturated carbocycles. The third-order valence-corrected chi connectivity index (χ3v) is 0.354. The van der Waals surface area contributed by atoms with Crippen LogP contribution in [-0.4, -0.2) is 21.6 Å². The average molecular weight is 71.9 g/mol. The predicted molar refractivity (Wildman–Crippen MR) is 25.3 cm³/mol. The van der Waals surface area contributed by atoms with Gasteiger partial charge in [0.1, 0.15) is 0 Å². The minimum Gasteiger partial charge on any atom is -0.348 e. The number of hydrogen-bond donors (Lipinski definition) is 2. The zero-order valence-electron chi connectivity index (χ0n) is 3.71. The molecule has 0 atom stereocenters. The molecule has 0 aliphatic rings. The van der Waals surface area contributed by atoms with Gasteiger partial charge in [0.25, 0.3) is 7.55 Å². The fourth-order valence-corrected chi connectivity index (χ4v) is 0.177. The highest BCUT2D eigenvalue weighted by Crippen LogP contribution is 1.23. The lowest BCUT2D eigenvalue weighted by Gasteiger charge is -1.84. The van der Waals surface area contributed by atoms with Crippen LogP contribution < -0.4 is 10.5 Å². The van der Waals surface area contributed by atoms with Crippen molar-refractivity contribution >= 4 is 7.55 Å². The van der Waals surface area contributed by atoms with Gasteiger partial charge in [-0.3, -0.25) is 0 Å². The SMILES string of the molecule is CNBNC. The molecule has 0 radical (unpaired) electrons. The Hall–Kier alpha value is -0.0151. The van der Waals surface area contributed by atoms with Crippen LogP contribution in [0, 0.1) is 0 Å². The van der Waals surface area contributed by atoms with Gasteiger partial charge in [-0.25, -0.2) is 0 Å². The van der Waals surface area contributed by atoms with Gasteiger partial charge in [0, 0.05) is 0 Å². The Morgan fingerprint density at radius 3 is 1.60 bits per heavy atom. The third kappa shape index (κ3) is 3.98. The molecule has 0 fully saturated rings. The van der Waals surface area contributed by atoms with Gasteiger partial charge in [-0.15, -0.1) is 0 Å². The molecule has 5 heavy (non-hydrogen) atoms. The molecule has 0 heterocycles. The van der Waals surface area contributed by atoms with Crippen molar-refractivity contribution in [2.24, 2.45) is 0 Å². The van der Waals surface area contributed by atoms with Gasteiger partial charge in [0.05, 0.1) is 0 Å². The second-order valence-corrected chi connectivity index (χ2v) is 0.884. The minimum absolute atomic E-state index is 0.889. The van der Waals surface area contributed by atoms with Gasteiger partial charge >= 0.3 is 0 Å². The quantitative estimate of drug-likeness (QED) is 0.396. The first-order valence-electron chi connectivity index (χ1n) is 1.71. The van der Waals surface area contributed by atoms with Crippen molar-refractivity contribution in [1.82, 2.24) is 10.5 Å². The molecule has 0 bridgehead atoms. The van der Waals surface area contributed by atoms with Crippen molar-refractivity contribution in [2.75, 3.05) is 14.1 Å². The lowest BCUT2D eigenvalue weighted by Crippen LogP contribution is -2.26. The Bertz CT molecular complexity index is 15.1. The second-order valence-electron chi connectivity index (χ2n) is 0.884.